The number of ether oxygens (including phenoxy) is 1. The lowest BCUT2D eigenvalue weighted by Crippen LogP contribution is -2.26. The van der Waals surface area contributed by atoms with E-state index in [1.54, 1.807) is 24.3 Å². The predicted molar refractivity (Wildman–Crippen MR) is 167 cm³/mol. The first-order valence-electron chi connectivity index (χ1n) is 13.2. The minimum Gasteiger partial charge on any atom is -0.487 e. The van der Waals surface area contributed by atoms with E-state index in [9.17, 15) is 12.8 Å². The third-order valence-electron chi connectivity index (χ3n) is 6.50. The van der Waals surface area contributed by atoms with Crippen molar-refractivity contribution < 1.29 is 17.5 Å². The molecule has 3 aromatic carbocycles. The van der Waals surface area contributed by atoms with Gasteiger partial charge in [0.25, 0.3) is 0 Å². The Labute approximate surface area is 252 Å². The number of thiazole rings is 1. The van der Waals surface area contributed by atoms with Crippen LogP contribution in [-0.4, -0.2) is 41.9 Å². The zero-order valence-electron chi connectivity index (χ0n) is 23.0. The molecule has 0 aliphatic rings. The molecule has 5 aromatic rings. The fraction of sp³-hybridized carbons (Fsp3) is 0.233. The minimum atomic E-state index is -3.04. The summed E-state index contributed by atoms with van der Waals surface area (Å²) in [5.74, 6) is 0.853. The number of benzene rings is 3. The summed E-state index contributed by atoms with van der Waals surface area (Å²) < 4.78 is 42.3. The average molecular weight is 626 g/mol. The molecule has 8 nitrogen and oxygen atoms in total. The van der Waals surface area contributed by atoms with Crippen molar-refractivity contribution in [2.45, 2.75) is 26.0 Å². The maximum Gasteiger partial charge on any atom is 0.148 e. The van der Waals surface area contributed by atoms with Crippen LogP contribution in [0.4, 0.5) is 15.9 Å². The van der Waals surface area contributed by atoms with Crippen molar-refractivity contribution in [3.05, 3.63) is 93.8 Å². The molecule has 5 rings (SSSR count). The molecule has 0 aliphatic heterocycles. The van der Waals surface area contributed by atoms with Gasteiger partial charge in [0.05, 0.1) is 28.0 Å². The Kier molecular flexibility index (Phi) is 9.32. The van der Waals surface area contributed by atoms with E-state index in [1.807, 2.05) is 36.6 Å². The molecule has 0 fully saturated rings. The molecule has 0 aliphatic carbocycles. The van der Waals surface area contributed by atoms with Crippen LogP contribution in [0.1, 0.15) is 30.0 Å². The van der Waals surface area contributed by atoms with Gasteiger partial charge >= 0.3 is 0 Å². The normalized spacial score (nSPS) is 12.4. The van der Waals surface area contributed by atoms with Gasteiger partial charge in [-0.05, 0) is 54.4 Å². The van der Waals surface area contributed by atoms with Crippen LogP contribution < -0.4 is 15.4 Å². The van der Waals surface area contributed by atoms with Crippen molar-refractivity contribution in [3.8, 4) is 17.0 Å². The smallest absolute Gasteiger partial charge is 0.148 e. The van der Waals surface area contributed by atoms with Gasteiger partial charge < -0.3 is 15.4 Å². The van der Waals surface area contributed by atoms with Crippen molar-refractivity contribution in [2.24, 2.45) is 0 Å². The third-order valence-corrected chi connectivity index (χ3v) is 8.70. The minimum absolute atomic E-state index is 0.0305. The van der Waals surface area contributed by atoms with Crippen LogP contribution >= 0.6 is 22.9 Å². The van der Waals surface area contributed by atoms with Crippen LogP contribution in [0.25, 0.3) is 22.2 Å². The molecule has 0 saturated heterocycles. The maximum atomic E-state index is 13.5. The summed E-state index contributed by atoms with van der Waals surface area (Å²) in [5.41, 5.74) is 3.91. The molecule has 0 radical (unpaired) electrons. The second kappa shape index (κ2) is 13.1. The molecule has 42 heavy (non-hydrogen) atoms. The van der Waals surface area contributed by atoms with E-state index in [2.05, 4.69) is 20.6 Å². The molecule has 0 spiro atoms. The van der Waals surface area contributed by atoms with Crippen LogP contribution in [0.5, 0.6) is 5.75 Å². The van der Waals surface area contributed by atoms with Crippen LogP contribution in [0, 0.1) is 5.82 Å². The fourth-order valence-corrected chi connectivity index (χ4v) is 6.05. The van der Waals surface area contributed by atoms with Gasteiger partial charge in [0.1, 0.15) is 45.2 Å². The standard InChI is InChI=1S/C30H29ClFN5O3S2/c1-3-25(33-11-12-42(2,38)39)30-37-27(17-41-30)20-7-9-26-23(14-20)29(35-18-34-26)36-22-8-10-28(24(31)15-22)40-16-19-5-4-6-21(32)13-19/h4-10,13-15,17-18,25,33H,3,11-12,16H2,1-2H3,(H,34,35,36). The van der Waals surface area contributed by atoms with Crippen molar-refractivity contribution in [1.82, 2.24) is 20.3 Å². The molecule has 0 saturated carbocycles. The van der Waals surface area contributed by atoms with Gasteiger partial charge in [0.15, 0.2) is 0 Å². The molecule has 0 amide bonds. The number of nitrogens with zero attached hydrogens (tertiary/aromatic N) is 3. The zero-order valence-corrected chi connectivity index (χ0v) is 25.4. The van der Waals surface area contributed by atoms with Gasteiger partial charge in [-0.15, -0.1) is 11.3 Å². The van der Waals surface area contributed by atoms with Crippen molar-refractivity contribution in [1.29, 1.82) is 0 Å². The Hall–Kier alpha value is -3.64. The quantitative estimate of drug-likeness (QED) is 0.153. The molecular weight excluding hydrogens is 597 g/mol. The van der Waals surface area contributed by atoms with E-state index in [1.165, 1.54) is 36.1 Å². The third kappa shape index (κ3) is 7.60. The number of fused-ring (bicyclic) bond motifs is 1. The Balaban J connectivity index is 1.32. The van der Waals surface area contributed by atoms with Crippen LogP contribution in [0.3, 0.4) is 0 Å². The van der Waals surface area contributed by atoms with Gasteiger partial charge in [-0.25, -0.2) is 27.8 Å². The first-order chi connectivity index (χ1) is 20.2. The zero-order chi connectivity index (χ0) is 29.7. The second-order valence-electron chi connectivity index (χ2n) is 9.76. The van der Waals surface area contributed by atoms with E-state index in [0.717, 1.165) is 33.6 Å². The first-order valence-corrected chi connectivity index (χ1v) is 16.6. The largest absolute Gasteiger partial charge is 0.487 e. The molecule has 12 heteroatoms. The average Bonchev–Trinajstić information content (AvgIpc) is 3.45. The summed E-state index contributed by atoms with van der Waals surface area (Å²) >= 11 is 8.03. The highest BCUT2D eigenvalue weighted by molar-refractivity contribution is 7.90. The molecule has 1 unspecified atom stereocenters. The maximum absolute atomic E-state index is 13.5. The summed E-state index contributed by atoms with van der Waals surface area (Å²) in [7, 11) is -3.04. The van der Waals surface area contributed by atoms with Gasteiger partial charge in [-0.1, -0.05) is 36.7 Å². The highest BCUT2D eigenvalue weighted by Gasteiger charge is 2.16. The van der Waals surface area contributed by atoms with Gasteiger partial charge in [-0.3, -0.25) is 0 Å². The van der Waals surface area contributed by atoms with Crippen molar-refractivity contribution in [3.63, 3.8) is 0 Å². The predicted octanol–water partition coefficient (Wildman–Crippen LogP) is 6.95. The molecule has 1 atom stereocenters. The first kappa shape index (κ1) is 29.8. The number of hydrogen-bond donors (Lipinski definition) is 2. The molecule has 218 valence electrons. The fourth-order valence-electron chi connectivity index (χ4n) is 4.34. The number of halogens is 2. The summed E-state index contributed by atoms with van der Waals surface area (Å²) in [4.78, 5) is 13.7. The Bertz CT molecular complexity index is 1820. The Morgan fingerprint density at radius 1 is 1.10 bits per heavy atom. The lowest BCUT2D eigenvalue weighted by atomic mass is 10.1. The number of sulfone groups is 1. The molecule has 2 heterocycles. The number of hydrogen-bond acceptors (Lipinski definition) is 9. The molecule has 0 bridgehead atoms. The topological polar surface area (TPSA) is 106 Å². The van der Waals surface area contributed by atoms with Crippen LogP contribution in [-0.2, 0) is 16.4 Å². The monoisotopic (exact) mass is 625 g/mol. The summed E-state index contributed by atoms with van der Waals surface area (Å²) in [6.07, 6.45) is 3.52. The number of aromatic nitrogens is 3. The summed E-state index contributed by atoms with van der Waals surface area (Å²) in [6, 6.07) is 17.4. The summed E-state index contributed by atoms with van der Waals surface area (Å²) in [5, 5.41) is 10.7. The number of nitrogens with one attached hydrogen (secondary N) is 2. The van der Waals surface area contributed by atoms with Gasteiger partial charge in [0.2, 0.25) is 0 Å². The van der Waals surface area contributed by atoms with Crippen LogP contribution in [0.2, 0.25) is 5.02 Å². The van der Waals surface area contributed by atoms with E-state index in [4.69, 9.17) is 21.3 Å². The van der Waals surface area contributed by atoms with E-state index < -0.39 is 9.84 Å². The van der Waals surface area contributed by atoms with Gasteiger partial charge in [0, 0.05) is 34.8 Å². The Morgan fingerprint density at radius 3 is 2.71 bits per heavy atom. The SMILES string of the molecule is CCC(NCCS(C)(=O)=O)c1nc(-c2ccc3ncnc(Nc4ccc(OCc5cccc(F)c5)c(Cl)c4)c3c2)cs1. The molecule has 2 aromatic heterocycles. The Morgan fingerprint density at radius 2 is 1.95 bits per heavy atom. The second-order valence-corrected chi connectivity index (χ2v) is 13.3. The lowest BCUT2D eigenvalue weighted by Gasteiger charge is -2.14. The lowest BCUT2D eigenvalue weighted by molar-refractivity contribution is 0.306. The number of rotatable bonds is 12. The number of anilines is 2. The van der Waals surface area contributed by atoms with E-state index >= 15 is 0 Å². The van der Waals surface area contributed by atoms with Crippen molar-refractivity contribution >= 4 is 55.2 Å². The summed E-state index contributed by atoms with van der Waals surface area (Å²) in [6.45, 7) is 2.61. The molecular formula is C30H29ClFN5O3S2. The highest BCUT2D eigenvalue weighted by atomic mass is 35.5. The highest BCUT2D eigenvalue weighted by Crippen LogP contribution is 2.33. The van der Waals surface area contributed by atoms with Crippen LogP contribution in [0.15, 0.2) is 72.4 Å². The van der Waals surface area contributed by atoms with E-state index in [-0.39, 0.29) is 24.2 Å². The van der Waals surface area contributed by atoms with Crippen molar-refractivity contribution in [2.75, 3.05) is 23.9 Å². The van der Waals surface area contributed by atoms with Gasteiger partial charge in [-0.2, -0.15) is 0 Å². The van der Waals surface area contributed by atoms with E-state index in [0.29, 0.717) is 34.4 Å². The molecule has 2 N–H and O–H groups in total.